The summed E-state index contributed by atoms with van der Waals surface area (Å²) in [4.78, 5) is 18.9. The first-order chi connectivity index (χ1) is 16.9. The van der Waals surface area contributed by atoms with Crippen LogP contribution in [-0.4, -0.2) is 89.3 Å². The summed E-state index contributed by atoms with van der Waals surface area (Å²) in [5, 5.41) is 14.7. The van der Waals surface area contributed by atoms with Crippen molar-refractivity contribution in [3.8, 4) is 0 Å². The summed E-state index contributed by atoms with van der Waals surface area (Å²) in [6, 6.07) is 2.54. The van der Waals surface area contributed by atoms with Crippen molar-refractivity contribution in [2.24, 2.45) is 0 Å². The lowest BCUT2D eigenvalue weighted by molar-refractivity contribution is -0.00162. The number of ether oxygens (including phenoxy) is 2. The van der Waals surface area contributed by atoms with Crippen molar-refractivity contribution >= 4 is 23.4 Å². The van der Waals surface area contributed by atoms with E-state index in [9.17, 15) is 9.18 Å². The molecule has 35 heavy (non-hydrogen) atoms. The zero-order valence-corrected chi connectivity index (χ0v) is 20.6. The Bertz CT molecular complexity index is 1030. The lowest BCUT2D eigenvalue weighted by Gasteiger charge is -2.36. The number of alkyl halides is 1. The van der Waals surface area contributed by atoms with Crippen LogP contribution >= 0.6 is 0 Å². The highest BCUT2D eigenvalue weighted by Crippen LogP contribution is 2.27. The van der Waals surface area contributed by atoms with Gasteiger partial charge in [-0.15, -0.1) is 0 Å². The standard InChI is InChI=1S/C24H36FN7O3/c1-16(2)19-12-27-32-21(11-20(30-22(19)32)28-18-5-9-34-10-6-18)29-17-3-7-31(8-4-17)23(33)35-15-24(25)13-26-14-24/h11-12,16-18,26,29H,3-10,13-15H2,1-2H3,(H,28,30). The van der Waals surface area contributed by atoms with E-state index in [0.717, 1.165) is 61.7 Å². The van der Waals surface area contributed by atoms with Gasteiger partial charge in [-0.1, -0.05) is 13.8 Å². The van der Waals surface area contributed by atoms with E-state index in [4.69, 9.17) is 14.5 Å². The average Bonchev–Trinajstić information content (AvgIpc) is 3.27. The molecule has 0 bridgehead atoms. The van der Waals surface area contributed by atoms with Crippen molar-refractivity contribution in [2.75, 3.05) is 56.6 Å². The monoisotopic (exact) mass is 489 g/mol. The summed E-state index contributed by atoms with van der Waals surface area (Å²) in [5.41, 5.74) is 0.539. The lowest BCUT2D eigenvalue weighted by Crippen LogP contribution is -2.59. The Hall–Kier alpha value is -2.66. The third-order valence-electron chi connectivity index (χ3n) is 7.14. The van der Waals surface area contributed by atoms with Crippen LogP contribution in [0.1, 0.15) is 51.0 Å². The minimum Gasteiger partial charge on any atom is -0.446 e. The fourth-order valence-corrected chi connectivity index (χ4v) is 4.81. The number of nitrogens with zero attached hydrogens (tertiary/aromatic N) is 4. The number of hydrogen-bond donors (Lipinski definition) is 3. The number of carbonyl (C=O) groups excluding carboxylic acids is 1. The molecule has 2 aromatic rings. The third kappa shape index (κ3) is 5.45. The van der Waals surface area contributed by atoms with Gasteiger partial charge in [0.15, 0.2) is 11.3 Å². The second-order valence-corrected chi connectivity index (χ2v) is 10.3. The molecule has 5 heterocycles. The van der Waals surface area contributed by atoms with Crippen LogP contribution in [0.3, 0.4) is 0 Å². The number of rotatable bonds is 7. The van der Waals surface area contributed by atoms with Gasteiger partial charge < -0.3 is 30.3 Å². The van der Waals surface area contributed by atoms with Gasteiger partial charge in [-0.05, 0) is 31.6 Å². The van der Waals surface area contributed by atoms with E-state index >= 15 is 0 Å². The largest absolute Gasteiger partial charge is 0.446 e. The second-order valence-electron chi connectivity index (χ2n) is 10.3. The van der Waals surface area contributed by atoms with E-state index < -0.39 is 11.8 Å². The Labute approximate surface area is 204 Å². The van der Waals surface area contributed by atoms with Gasteiger partial charge >= 0.3 is 6.09 Å². The summed E-state index contributed by atoms with van der Waals surface area (Å²) in [6.45, 7) is 7.23. The number of halogens is 1. The SMILES string of the molecule is CC(C)c1cnn2c(NC3CCN(C(=O)OCC4(F)CNC4)CC3)cc(NC3CCOCC3)nc12. The van der Waals surface area contributed by atoms with Crippen LogP contribution in [-0.2, 0) is 9.47 Å². The quantitative estimate of drug-likeness (QED) is 0.545. The molecule has 3 aliphatic rings. The minimum atomic E-state index is -1.42. The van der Waals surface area contributed by atoms with E-state index in [-0.39, 0.29) is 25.7 Å². The molecule has 11 heteroatoms. The van der Waals surface area contributed by atoms with Crippen molar-refractivity contribution in [2.45, 2.75) is 63.2 Å². The molecule has 0 aliphatic carbocycles. The van der Waals surface area contributed by atoms with Crippen LogP contribution in [0.15, 0.2) is 12.3 Å². The highest BCUT2D eigenvalue weighted by atomic mass is 19.1. The maximum absolute atomic E-state index is 14.1. The minimum absolute atomic E-state index is 0.177. The zero-order valence-electron chi connectivity index (χ0n) is 20.6. The van der Waals surface area contributed by atoms with Crippen molar-refractivity contribution in [1.29, 1.82) is 0 Å². The number of nitrogens with one attached hydrogen (secondary N) is 3. The first-order valence-corrected chi connectivity index (χ1v) is 12.7. The van der Waals surface area contributed by atoms with E-state index in [0.29, 0.717) is 25.0 Å². The third-order valence-corrected chi connectivity index (χ3v) is 7.14. The molecule has 1 amide bonds. The van der Waals surface area contributed by atoms with E-state index in [1.54, 1.807) is 4.90 Å². The van der Waals surface area contributed by atoms with Crippen LogP contribution in [0, 0.1) is 0 Å². The molecule has 3 N–H and O–H groups in total. The molecule has 0 spiro atoms. The molecule has 0 atom stereocenters. The van der Waals surface area contributed by atoms with Crippen LogP contribution in [0.25, 0.3) is 5.65 Å². The molecule has 3 saturated heterocycles. The first kappa shape index (κ1) is 24.1. The van der Waals surface area contributed by atoms with Crippen molar-refractivity contribution in [3.05, 3.63) is 17.8 Å². The van der Waals surface area contributed by atoms with Gasteiger partial charge in [0, 0.05) is 63.1 Å². The normalized spacial score (nSPS) is 21.2. The molecule has 3 fully saturated rings. The van der Waals surface area contributed by atoms with E-state index in [1.807, 2.05) is 16.8 Å². The predicted octanol–water partition coefficient (Wildman–Crippen LogP) is 2.77. The fraction of sp³-hybridized carbons (Fsp3) is 0.708. The molecular weight excluding hydrogens is 453 g/mol. The second kappa shape index (κ2) is 10.1. The first-order valence-electron chi connectivity index (χ1n) is 12.7. The number of piperidine rings is 1. The number of likely N-dealkylation sites (tertiary alicyclic amines) is 1. The maximum atomic E-state index is 14.1. The number of anilines is 2. The predicted molar refractivity (Wildman–Crippen MR) is 131 cm³/mol. The van der Waals surface area contributed by atoms with E-state index in [2.05, 4.69) is 34.9 Å². The Balaban J connectivity index is 1.24. The molecule has 0 saturated carbocycles. The van der Waals surface area contributed by atoms with E-state index in [1.165, 1.54) is 0 Å². The topological polar surface area (TPSA) is 105 Å². The molecule has 192 valence electrons. The number of amides is 1. The lowest BCUT2D eigenvalue weighted by atomic mass is 10.0. The van der Waals surface area contributed by atoms with Crippen LogP contribution in [0.4, 0.5) is 20.8 Å². The Kier molecular flexibility index (Phi) is 6.97. The maximum Gasteiger partial charge on any atom is 0.409 e. The summed E-state index contributed by atoms with van der Waals surface area (Å²) >= 11 is 0. The number of fused-ring (bicyclic) bond motifs is 1. The van der Waals surface area contributed by atoms with Crippen LogP contribution < -0.4 is 16.0 Å². The number of carbonyl (C=O) groups is 1. The number of hydrogen-bond acceptors (Lipinski definition) is 8. The van der Waals surface area contributed by atoms with Gasteiger partial charge in [-0.3, -0.25) is 0 Å². The number of aromatic nitrogens is 3. The Morgan fingerprint density at radius 3 is 2.60 bits per heavy atom. The van der Waals surface area contributed by atoms with Crippen molar-refractivity contribution < 1.29 is 18.7 Å². The molecule has 3 aliphatic heterocycles. The average molecular weight is 490 g/mol. The van der Waals surface area contributed by atoms with Gasteiger partial charge in [-0.2, -0.15) is 9.61 Å². The van der Waals surface area contributed by atoms with Gasteiger partial charge in [0.25, 0.3) is 0 Å². The van der Waals surface area contributed by atoms with Crippen LogP contribution in [0.5, 0.6) is 0 Å². The van der Waals surface area contributed by atoms with Crippen LogP contribution in [0.2, 0.25) is 0 Å². The van der Waals surface area contributed by atoms with Gasteiger partial charge in [0.1, 0.15) is 18.2 Å². The van der Waals surface area contributed by atoms with Crippen molar-refractivity contribution in [3.63, 3.8) is 0 Å². The fourth-order valence-electron chi connectivity index (χ4n) is 4.81. The highest BCUT2D eigenvalue weighted by Gasteiger charge is 2.39. The summed E-state index contributed by atoms with van der Waals surface area (Å²) in [6.07, 6.45) is 4.91. The highest BCUT2D eigenvalue weighted by molar-refractivity contribution is 5.68. The molecule has 5 rings (SSSR count). The molecule has 0 radical (unpaired) electrons. The van der Waals surface area contributed by atoms with Gasteiger partial charge in [-0.25, -0.2) is 14.2 Å². The molecule has 10 nitrogen and oxygen atoms in total. The summed E-state index contributed by atoms with van der Waals surface area (Å²) in [5.74, 6) is 2.02. The van der Waals surface area contributed by atoms with Crippen molar-refractivity contribution in [1.82, 2.24) is 24.8 Å². The smallest absolute Gasteiger partial charge is 0.409 e. The van der Waals surface area contributed by atoms with Gasteiger partial charge in [0.2, 0.25) is 0 Å². The molecule has 2 aromatic heterocycles. The van der Waals surface area contributed by atoms with Gasteiger partial charge in [0.05, 0.1) is 6.20 Å². The Morgan fingerprint density at radius 1 is 1.23 bits per heavy atom. The zero-order chi connectivity index (χ0) is 24.4. The Morgan fingerprint density at radius 2 is 1.94 bits per heavy atom. The summed E-state index contributed by atoms with van der Waals surface area (Å²) < 4.78 is 26.7. The molecule has 0 aromatic carbocycles. The summed E-state index contributed by atoms with van der Waals surface area (Å²) in [7, 11) is 0. The molecule has 0 unspecified atom stereocenters. The molecular formula is C24H36FN7O3.